The van der Waals surface area contributed by atoms with Crippen molar-refractivity contribution in [2.24, 2.45) is 5.73 Å². The minimum atomic E-state index is -4.32. The van der Waals surface area contributed by atoms with Gasteiger partial charge in [-0.1, -0.05) is 24.3 Å². The van der Waals surface area contributed by atoms with Gasteiger partial charge in [0.15, 0.2) is 0 Å². The number of hydrogen-bond donors (Lipinski definition) is 2. The van der Waals surface area contributed by atoms with Crippen LogP contribution in [0.2, 0.25) is 0 Å². The van der Waals surface area contributed by atoms with Crippen molar-refractivity contribution in [3.63, 3.8) is 0 Å². The summed E-state index contributed by atoms with van der Waals surface area (Å²) in [6, 6.07) is 11.5. The first-order valence-corrected chi connectivity index (χ1v) is 8.97. The number of anilines is 1. The Kier molecular flexibility index (Phi) is 4.11. The minimum absolute atomic E-state index is 0.116. The summed E-state index contributed by atoms with van der Waals surface area (Å²) in [6.45, 7) is 0.662. The second-order valence-corrected chi connectivity index (χ2v) is 7.46. The van der Waals surface area contributed by atoms with Crippen molar-refractivity contribution in [1.29, 1.82) is 0 Å². The molecule has 3 N–H and O–H groups in total. The SMILES string of the molecule is N[C@H]1CCN2c3c(cccc31)C(=O)N[C@H]2c1ccc(SC(F)(F)F)cc1. The summed E-state index contributed by atoms with van der Waals surface area (Å²) in [5.41, 5.74) is 4.95. The van der Waals surface area contributed by atoms with Crippen LogP contribution in [0.4, 0.5) is 18.9 Å². The molecule has 4 nitrogen and oxygen atoms in total. The van der Waals surface area contributed by atoms with Crippen molar-refractivity contribution in [1.82, 2.24) is 5.32 Å². The molecular formula is C18H16F3N3OS. The van der Waals surface area contributed by atoms with Crippen molar-refractivity contribution in [2.45, 2.75) is 29.0 Å². The molecule has 0 radical (unpaired) electrons. The van der Waals surface area contributed by atoms with Crippen LogP contribution in [0.15, 0.2) is 47.4 Å². The van der Waals surface area contributed by atoms with E-state index in [0.29, 0.717) is 12.1 Å². The average Bonchev–Trinajstić information content (AvgIpc) is 2.59. The molecule has 2 heterocycles. The molecule has 2 aliphatic rings. The topological polar surface area (TPSA) is 58.4 Å². The molecule has 26 heavy (non-hydrogen) atoms. The van der Waals surface area contributed by atoms with Crippen LogP contribution in [-0.4, -0.2) is 18.0 Å². The van der Waals surface area contributed by atoms with E-state index >= 15 is 0 Å². The van der Waals surface area contributed by atoms with Crippen LogP contribution in [0.25, 0.3) is 0 Å². The van der Waals surface area contributed by atoms with Crippen LogP contribution in [0.3, 0.4) is 0 Å². The van der Waals surface area contributed by atoms with Crippen molar-refractivity contribution in [3.05, 3.63) is 59.2 Å². The lowest BCUT2D eigenvalue weighted by Crippen LogP contribution is -2.49. The van der Waals surface area contributed by atoms with Crippen LogP contribution in [0, 0.1) is 0 Å². The number of nitrogens with zero attached hydrogens (tertiary/aromatic N) is 1. The van der Waals surface area contributed by atoms with Crippen LogP contribution in [-0.2, 0) is 0 Å². The highest BCUT2D eigenvalue weighted by Crippen LogP contribution is 2.42. The highest BCUT2D eigenvalue weighted by atomic mass is 32.2. The van der Waals surface area contributed by atoms with Gasteiger partial charge in [-0.25, -0.2) is 0 Å². The van der Waals surface area contributed by atoms with E-state index in [9.17, 15) is 18.0 Å². The number of nitrogens with two attached hydrogens (primary N) is 1. The number of para-hydroxylation sites is 1. The van der Waals surface area contributed by atoms with E-state index in [4.69, 9.17) is 5.73 Å². The van der Waals surface area contributed by atoms with Crippen LogP contribution >= 0.6 is 11.8 Å². The zero-order valence-corrected chi connectivity index (χ0v) is 14.4. The Morgan fingerprint density at radius 1 is 1.15 bits per heavy atom. The molecule has 4 rings (SSSR count). The Hall–Kier alpha value is -2.19. The van der Waals surface area contributed by atoms with Crippen LogP contribution in [0.1, 0.15) is 40.1 Å². The number of rotatable bonds is 2. The summed E-state index contributed by atoms with van der Waals surface area (Å²) in [5.74, 6) is -0.203. The number of halogens is 3. The smallest absolute Gasteiger partial charge is 0.346 e. The van der Waals surface area contributed by atoms with E-state index in [2.05, 4.69) is 10.2 Å². The molecular weight excluding hydrogens is 363 g/mol. The number of nitrogens with one attached hydrogen (secondary N) is 1. The van der Waals surface area contributed by atoms with Gasteiger partial charge in [-0.15, -0.1) is 0 Å². The second kappa shape index (κ2) is 6.21. The number of amides is 1. The highest BCUT2D eigenvalue weighted by Gasteiger charge is 2.37. The Balaban J connectivity index is 1.69. The standard InChI is InChI=1S/C18H16F3N3OS/c19-18(20,21)26-11-6-4-10(5-7-11)16-23-17(25)13-3-1-2-12-14(22)8-9-24(16)15(12)13/h1-7,14,16H,8-9,22H2,(H,23,25)/t14-,16+/m0/s1. The molecule has 8 heteroatoms. The predicted octanol–water partition coefficient (Wildman–Crippen LogP) is 3.95. The first-order chi connectivity index (χ1) is 12.3. The van der Waals surface area contributed by atoms with Gasteiger partial charge in [0.05, 0.1) is 11.3 Å². The summed E-state index contributed by atoms with van der Waals surface area (Å²) < 4.78 is 37.5. The molecule has 2 atom stereocenters. The fraction of sp³-hybridized carbons (Fsp3) is 0.278. The lowest BCUT2D eigenvalue weighted by atomic mass is 9.90. The van der Waals surface area contributed by atoms with Gasteiger partial charge >= 0.3 is 5.51 Å². The molecule has 2 aromatic rings. The zero-order valence-electron chi connectivity index (χ0n) is 13.6. The maximum atomic E-state index is 12.5. The van der Waals surface area contributed by atoms with E-state index in [0.717, 1.165) is 23.2 Å². The molecule has 0 bridgehead atoms. The average molecular weight is 379 g/mol. The molecule has 2 aromatic carbocycles. The molecule has 0 aromatic heterocycles. The fourth-order valence-electron chi connectivity index (χ4n) is 3.56. The molecule has 136 valence electrons. The summed E-state index contributed by atoms with van der Waals surface area (Å²) in [4.78, 5) is 14.7. The van der Waals surface area contributed by atoms with Crippen molar-refractivity contribution < 1.29 is 18.0 Å². The third-order valence-electron chi connectivity index (χ3n) is 4.69. The fourth-order valence-corrected chi connectivity index (χ4v) is 4.10. The summed E-state index contributed by atoms with van der Waals surface area (Å²) in [5, 5.41) is 2.95. The van der Waals surface area contributed by atoms with Gasteiger partial charge in [0, 0.05) is 17.5 Å². The summed E-state index contributed by atoms with van der Waals surface area (Å²) in [7, 11) is 0. The number of carbonyl (C=O) groups is 1. The maximum absolute atomic E-state index is 12.5. The van der Waals surface area contributed by atoms with Crippen LogP contribution in [0.5, 0.6) is 0 Å². The van der Waals surface area contributed by atoms with Gasteiger partial charge in [-0.3, -0.25) is 4.79 Å². The molecule has 0 fully saturated rings. The number of carbonyl (C=O) groups excluding carboxylic acids is 1. The number of hydrogen-bond acceptors (Lipinski definition) is 4. The third kappa shape index (κ3) is 3.03. The molecule has 0 saturated carbocycles. The van der Waals surface area contributed by atoms with E-state index < -0.39 is 11.7 Å². The molecule has 1 amide bonds. The lowest BCUT2D eigenvalue weighted by Gasteiger charge is -2.44. The quantitative estimate of drug-likeness (QED) is 0.776. The summed E-state index contributed by atoms with van der Waals surface area (Å²) in [6.07, 6.45) is 0.318. The zero-order chi connectivity index (χ0) is 18.5. The summed E-state index contributed by atoms with van der Waals surface area (Å²) >= 11 is -0.152. The largest absolute Gasteiger partial charge is 0.446 e. The minimum Gasteiger partial charge on any atom is -0.346 e. The first-order valence-electron chi connectivity index (χ1n) is 8.15. The van der Waals surface area contributed by atoms with Crippen molar-refractivity contribution in [3.8, 4) is 0 Å². The Bertz CT molecular complexity index is 854. The number of alkyl halides is 3. The third-order valence-corrected chi connectivity index (χ3v) is 5.43. The van der Waals surface area contributed by atoms with E-state index in [1.54, 1.807) is 18.2 Å². The molecule has 0 spiro atoms. The normalized spacial score (nSPS) is 22.0. The van der Waals surface area contributed by atoms with Gasteiger partial charge < -0.3 is 16.0 Å². The Morgan fingerprint density at radius 3 is 2.58 bits per heavy atom. The Morgan fingerprint density at radius 2 is 1.88 bits per heavy atom. The number of thioether (sulfide) groups is 1. The van der Waals surface area contributed by atoms with Gasteiger partial charge in [0.1, 0.15) is 6.17 Å². The molecule has 2 aliphatic heterocycles. The lowest BCUT2D eigenvalue weighted by molar-refractivity contribution is -0.0328. The van der Waals surface area contributed by atoms with E-state index in [1.165, 1.54) is 12.1 Å². The molecule has 0 unspecified atom stereocenters. The maximum Gasteiger partial charge on any atom is 0.446 e. The van der Waals surface area contributed by atoms with Crippen molar-refractivity contribution >= 4 is 23.4 Å². The van der Waals surface area contributed by atoms with Gasteiger partial charge in [0.25, 0.3) is 5.91 Å². The number of benzene rings is 2. The monoisotopic (exact) mass is 379 g/mol. The predicted molar refractivity (Wildman–Crippen MR) is 93.9 cm³/mol. The second-order valence-electron chi connectivity index (χ2n) is 6.32. The first kappa shape index (κ1) is 17.2. The molecule has 0 saturated heterocycles. The van der Waals surface area contributed by atoms with Gasteiger partial charge in [-0.2, -0.15) is 13.2 Å². The highest BCUT2D eigenvalue weighted by molar-refractivity contribution is 8.00. The molecule has 0 aliphatic carbocycles. The van der Waals surface area contributed by atoms with E-state index in [1.807, 2.05) is 12.1 Å². The van der Waals surface area contributed by atoms with Crippen LogP contribution < -0.4 is 16.0 Å². The Labute approximate surface area is 152 Å². The van der Waals surface area contributed by atoms with Crippen molar-refractivity contribution in [2.75, 3.05) is 11.4 Å². The van der Waals surface area contributed by atoms with Gasteiger partial charge in [0.2, 0.25) is 0 Å². The van der Waals surface area contributed by atoms with Gasteiger partial charge in [-0.05, 0) is 47.5 Å². The van der Waals surface area contributed by atoms with E-state index in [-0.39, 0.29) is 28.6 Å².